The number of fused-ring (bicyclic) bond motifs is 8. The van der Waals surface area contributed by atoms with Gasteiger partial charge in [0.2, 0.25) is 0 Å². The van der Waals surface area contributed by atoms with Crippen LogP contribution < -0.4 is 0 Å². The molecular weight excluding hydrogens is 468 g/mol. The predicted molar refractivity (Wildman–Crippen MR) is 155 cm³/mol. The summed E-state index contributed by atoms with van der Waals surface area (Å²) in [5.74, 6) is 0.827. The maximum atomic E-state index is 11.5. The summed E-state index contributed by atoms with van der Waals surface area (Å²) in [4.78, 5) is 0. The summed E-state index contributed by atoms with van der Waals surface area (Å²) < 4.78 is 0. The van der Waals surface area contributed by atoms with Crippen molar-refractivity contribution in [2.24, 2.45) is 0 Å². The zero-order valence-corrected chi connectivity index (χ0v) is 23.4. The molecule has 0 aliphatic heterocycles. The van der Waals surface area contributed by atoms with E-state index in [1.165, 1.54) is 0 Å². The van der Waals surface area contributed by atoms with Gasteiger partial charge in [0.05, 0.1) is 0 Å². The second-order valence-electron chi connectivity index (χ2n) is 12.3. The molecule has 5 rings (SSSR count). The maximum Gasteiger partial charge on any atom is 0.122 e. The lowest BCUT2D eigenvalue weighted by atomic mass is 9.82. The molecule has 0 heterocycles. The zero-order valence-electron chi connectivity index (χ0n) is 23.4. The molecule has 0 fully saturated rings. The second kappa shape index (κ2) is 9.54. The quantitative estimate of drug-likeness (QED) is 0.202. The Labute approximate surface area is 226 Å². The maximum absolute atomic E-state index is 11.5. The van der Waals surface area contributed by atoms with Crippen molar-refractivity contribution in [2.45, 2.75) is 72.6 Å². The van der Waals surface area contributed by atoms with Crippen molar-refractivity contribution in [3.05, 3.63) is 121 Å². The largest absolute Gasteiger partial charge is 0.507 e. The summed E-state index contributed by atoms with van der Waals surface area (Å²) in [5, 5.41) is 34.3. The van der Waals surface area contributed by atoms with Gasteiger partial charge in [-0.05, 0) is 76.3 Å². The van der Waals surface area contributed by atoms with Crippen molar-refractivity contribution in [2.75, 3.05) is 0 Å². The van der Waals surface area contributed by atoms with E-state index in [1.54, 1.807) is 0 Å². The van der Waals surface area contributed by atoms with Gasteiger partial charge in [0, 0.05) is 25.7 Å². The molecule has 3 heteroatoms. The predicted octanol–water partition coefficient (Wildman–Crippen LogP) is 7.70. The lowest BCUT2D eigenvalue weighted by Crippen LogP contribution is -2.13. The van der Waals surface area contributed by atoms with Gasteiger partial charge in [-0.15, -0.1) is 0 Å². The topological polar surface area (TPSA) is 60.7 Å². The Balaban J connectivity index is 1.78. The van der Waals surface area contributed by atoms with Crippen LogP contribution in [0.5, 0.6) is 17.2 Å². The minimum Gasteiger partial charge on any atom is -0.507 e. The molecule has 0 aromatic heterocycles. The van der Waals surface area contributed by atoms with Gasteiger partial charge in [0.15, 0.2) is 0 Å². The molecule has 0 radical (unpaired) electrons. The minimum absolute atomic E-state index is 0.127. The Kier molecular flexibility index (Phi) is 6.51. The number of hydrogen-bond donors (Lipinski definition) is 3. The Morgan fingerprint density at radius 3 is 1.13 bits per heavy atom. The van der Waals surface area contributed by atoms with Crippen molar-refractivity contribution >= 4 is 0 Å². The summed E-state index contributed by atoms with van der Waals surface area (Å²) in [6.07, 6.45) is 2.07. The fourth-order valence-electron chi connectivity index (χ4n) is 5.87. The Morgan fingerprint density at radius 2 is 0.763 bits per heavy atom. The van der Waals surface area contributed by atoms with Crippen molar-refractivity contribution in [3.8, 4) is 17.2 Å². The molecule has 38 heavy (non-hydrogen) atoms. The highest BCUT2D eigenvalue weighted by Crippen LogP contribution is 2.38. The number of hydrogen-bond acceptors (Lipinski definition) is 3. The third kappa shape index (κ3) is 5.15. The van der Waals surface area contributed by atoms with E-state index in [0.717, 1.165) is 66.8 Å². The normalized spacial score (nSPS) is 13.4. The van der Waals surface area contributed by atoms with E-state index in [1.807, 2.05) is 12.1 Å². The number of phenolic OH excluding ortho intramolecular Hbond substituents is 3. The number of aromatic hydroxyl groups is 3. The number of phenols is 3. The Bertz CT molecular complexity index is 1450. The van der Waals surface area contributed by atoms with Crippen LogP contribution in [0.1, 0.15) is 87.5 Å². The Morgan fingerprint density at radius 1 is 0.447 bits per heavy atom. The molecule has 196 valence electrons. The van der Waals surface area contributed by atoms with E-state index in [0.29, 0.717) is 37.2 Å². The summed E-state index contributed by atoms with van der Waals surface area (Å²) in [7, 11) is 0. The molecule has 3 nitrogen and oxygen atoms in total. The van der Waals surface area contributed by atoms with E-state index in [9.17, 15) is 15.3 Å². The van der Waals surface area contributed by atoms with Gasteiger partial charge in [-0.2, -0.15) is 0 Å². The van der Waals surface area contributed by atoms with Gasteiger partial charge < -0.3 is 15.3 Å². The first kappa shape index (κ1) is 25.9. The third-order valence-corrected chi connectivity index (χ3v) is 7.71. The number of aryl methyl sites for hydroxylation is 3. The highest BCUT2D eigenvalue weighted by Gasteiger charge is 2.22. The molecule has 4 aromatic rings. The highest BCUT2D eigenvalue weighted by atomic mass is 16.3. The first-order chi connectivity index (χ1) is 17.9. The molecule has 4 aromatic carbocycles. The van der Waals surface area contributed by atoms with E-state index < -0.39 is 0 Å². The van der Waals surface area contributed by atoms with Crippen molar-refractivity contribution in [1.29, 1.82) is 0 Å². The molecule has 3 N–H and O–H groups in total. The molecule has 0 unspecified atom stereocenters. The van der Waals surface area contributed by atoms with Crippen molar-refractivity contribution in [3.63, 3.8) is 0 Å². The summed E-state index contributed by atoms with van der Waals surface area (Å²) in [6, 6.07) is 18.8. The SMILES string of the molecule is Cc1cc2cc(c1)Cc1cc(C)cc(c1O)Cc1cc(C(C)(C)C)cc(c1O)Cc1cc(C)cc(c1O)C2. The van der Waals surface area contributed by atoms with Crippen LogP contribution in [0.15, 0.2) is 54.6 Å². The van der Waals surface area contributed by atoms with E-state index in [2.05, 4.69) is 84.0 Å². The molecular formula is C35H38O3. The smallest absolute Gasteiger partial charge is 0.122 e. The van der Waals surface area contributed by atoms with Crippen LogP contribution in [-0.2, 0) is 31.1 Å². The van der Waals surface area contributed by atoms with Crippen molar-refractivity contribution in [1.82, 2.24) is 0 Å². The average molecular weight is 507 g/mol. The van der Waals surface area contributed by atoms with Crippen LogP contribution in [0.4, 0.5) is 0 Å². The molecule has 1 aliphatic carbocycles. The van der Waals surface area contributed by atoms with Gasteiger partial charge in [0.25, 0.3) is 0 Å². The van der Waals surface area contributed by atoms with E-state index in [-0.39, 0.29) is 11.2 Å². The fraction of sp³-hybridized carbons (Fsp3) is 0.314. The first-order valence-electron chi connectivity index (χ1n) is 13.4. The second-order valence-corrected chi connectivity index (χ2v) is 12.3. The van der Waals surface area contributed by atoms with Gasteiger partial charge >= 0.3 is 0 Å². The van der Waals surface area contributed by atoms with Crippen LogP contribution >= 0.6 is 0 Å². The third-order valence-electron chi connectivity index (χ3n) is 7.71. The first-order valence-corrected chi connectivity index (χ1v) is 13.4. The summed E-state index contributed by atoms with van der Waals surface area (Å²) in [6.45, 7) is 12.7. The molecule has 8 bridgehead atoms. The average Bonchev–Trinajstić information content (AvgIpc) is 2.80. The van der Waals surface area contributed by atoms with Crippen LogP contribution in [0.25, 0.3) is 0 Å². The van der Waals surface area contributed by atoms with Crippen LogP contribution in [-0.4, -0.2) is 15.3 Å². The molecule has 1 aliphatic rings. The van der Waals surface area contributed by atoms with E-state index >= 15 is 0 Å². The lowest BCUT2D eigenvalue weighted by Gasteiger charge is -2.23. The number of benzene rings is 4. The fourth-order valence-corrected chi connectivity index (χ4v) is 5.87. The van der Waals surface area contributed by atoms with Crippen molar-refractivity contribution < 1.29 is 15.3 Å². The molecule has 0 spiro atoms. The number of rotatable bonds is 0. The highest BCUT2D eigenvalue weighted by molar-refractivity contribution is 5.55. The van der Waals surface area contributed by atoms with Crippen LogP contribution in [0.3, 0.4) is 0 Å². The Hall–Kier alpha value is -3.72. The van der Waals surface area contributed by atoms with E-state index in [4.69, 9.17) is 0 Å². The molecule has 0 amide bonds. The van der Waals surface area contributed by atoms with Crippen LogP contribution in [0, 0.1) is 20.8 Å². The molecule has 0 atom stereocenters. The standard InChI is InChI=1S/C35H38O3/c1-20-7-23-13-24(8-20)15-26-10-22(3)12-28(33(26)37)17-30-19-31(35(4,5)6)18-29(34(30)38)16-27-11-21(2)9-25(14-23)32(27)36/h7-13,18-19,36-38H,14-17H2,1-6H3. The van der Waals surface area contributed by atoms with Gasteiger partial charge in [-0.25, -0.2) is 0 Å². The van der Waals surface area contributed by atoms with Crippen LogP contribution in [0.2, 0.25) is 0 Å². The van der Waals surface area contributed by atoms with Gasteiger partial charge in [-0.1, -0.05) is 92.1 Å². The summed E-state index contributed by atoms with van der Waals surface area (Å²) in [5.41, 5.74) is 11.6. The van der Waals surface area contributed by atoms with Gasteiger partial charge in [0.1, 0.15) is 17.2 Å². The zero-order chi connectivity index (χ0) is 27.4. The lowest BCUT2D eigenvalue weighted by molar-refractivity contribution is 0.453. The monoisotopic (exact) mass is 506 g/mol. The molecule has 0 saturated carbocycles. The molecule has 0 saturated heterocycles. The summed E-state index contributed by atoms with van der Waals surface area (Å²) >= 11 is 0. The minimum atomic E-state index is -0.127. The van der Waals surface area contributed by atoms with Gasteiger partial charge in [-0.3, -0.25) is 0 Å².